The highest BCUT2D eigenvalue weighted by molar-refractivity contribution is 14.0. The smallest absolute Gasteiger partial charge is 0.188 e. The zero-order valence-electron chi connectivity index (χ0n) is 13.0. The Bertz CT molecular complexity index is 563. The Labute approximate surface area is 152 Å². The van der Waals surface area contributed by atoms with Crippen molar-refractivity contribution in [1.29, 1.82) is 0 Å². The van der Waals surface area contributed by atoms with Gasteiger partial charge in [-0.2, -0.15) is 0 Å². The van der Waals surface area contributed by atoms with Gasteiger partial charge >= 0.3 is 0 Å². The zero-order valence-corrected chi connectivity index (χ0v) is 16.2. The summed E-state index contributed by atoms with van der Waals surface area (Å²) in [4.78, 5) is 8.80. The number of nitrogens with zero attached hydrogens (tertiary/aromatic N) is 2. The fourth-order valence-electron chi connectivity index (χ4n) is 1.81. The van der Waals surface area contributed by atoms with Gasteiger partial charge in [0.2, 0.25) is 0 Å². The molecule has 1 aromatic heterocycles. The number of aliphatic imine (C=N–C) groups is 1. The first-order valence-electron chi connectivity index (χ1n) is 7.28. The summed E-state index contributed by atoms with van der Waals surface area (Å²) in [5, 5.41) is 7.34. The molecule has 0 aliphatic rings. The van der Waals surface area contributed by atoms with Gasteiger partial charge in [0.05, 0.1) is 10.2 Å². The number of rotatable bonds is 7. The number of para-hydroxylation sites is 1. The summed E-state index contributed by atoms with van der Waals surface area (Å²) in [6.07, 6.45) is 1.06. The van der Waals surface area contributed by atoms with E-state index >= 15 is 0 Å². The number of thiazole rings is 1. The number of fused-ring (bicyclic) bond motifs is 1. The van der Waals surface area contributed by atoms with E-state index in [-0.39, 0.29) is 24.0 Å². The molecule has 4 N–H and O–H groups in total. The Hall–Kier alpha value is -1.09. The number of hydrogen-bond acceptors (Lipinski definition) is 4. The molecule has 0 aliphatic carbocycles. The molecule has 2 aromatic rings. The predicted molar refractivity (Wildman–Crippen MR) is 107 cm³/mol. The van der Waals surface area contributed by atoms with E-state index < -0.39 is 0 Å². The molecule has 1 heterocycles. The topological polar surface area (TPSA) is 75.3 Å². The van der Waals surface area contributed by atoms with Crippen LogP contribution in [0.1, 0.15) is 20.3 Å². The number of hydrogen-bond donors (Lipinski definition) is 3. The van der Waals surface area contributed by atoms with Crippen molar-refractivity contribution in [1.82, 2.24) is 10.3 Å². The van der Waals surface area contributed by atoms with E-state index in [9.17, 15) is 0 Å². The van der Waals surface area contributed by atoms with Crippen LogP contribution in [0.15, 0.2) is 29.3 Å². The number of guanidine groups is 1. The fourth-order valence-corrected chi connectivity index (χ4v) is 2.70. The third kappa shape index (κ3) is 6.35. The normalized spacial score (nSPS) is 11.5. The van der Waals surface area contributed by atoms with Gasteiger partial charge in [-0.3, -0.25) is 4.99 Å². The average molecular weight is 433 g/mol. The first-order valence-corrected chi connectivity index (χ1v) is 8.10. The third-order valence-electron chi connectivity index (χ3n) is 2.99. The van der Waals surface area contributed by atoms with E-state index in [1.54, 1.807) is 11.3 Å². The van der Waals surface area contributed by atoms with Crippen molar-refractivity contribution < 1.29 is 0 Å². The highest BCUT2D eigenvalue weighted by Crippen LogP contribution is 2.24. The second-order valence-electron chi connectivity index (χ2n) is 5.29. The number of aromatic nitrogens is 1. The lowest BCUT2D eigenvalue weighted by Crippen LogP contribution is -2.35. The third-order valence-corrected chi connectivity index (χ3v) is 3.98. The largest absolute Gasteiger partial charge is 0.370 e. The Balaban J connectivity index is 0.00000242. The quantitative estimate of drug-likeness (QED) is 0.271. The van der Waals surface area contributed by atoms with Crippen molar-refractivity contribution in [3.8, 4) is 0 Å². The van der Waals surface area contributed by atoms with Gasteiger partial charge in [0.25, 0.3) is 0 Å². The molecule has 5 nitrogen and oxygen atoms in total. The minimum absolute atomic E-state index is 0. The summed E-state index contributed by atoms with van der Waals surface area (Å²) in [5.41, 5.74) is 6.83. The average Bonchev–Trinajstić information content (AvgIpc) is 2.86. The predicted octanol–water partition coefficient (Wildman–Crippen LogP) is 3.28. The molecule has 0 unspecified atom stereocenters. The molecule has 22 heavy (non-hydrogen) atoms. The molecular weight excluding hydrogens is 409 g/mol. The number of anilines is 1. The van der Waals surface area contributed by atoms with Crippen LogP contribution in [0.4, 0.5) is 5.13 Å². The minimum atomic E-state index is 0. The van der Waals surface area contributed by atoms with Gasteiger partial charge in [0.15, 0.2) is 11.1 Å². The SMILES string of the molecule is CC(C)CCN=C(N)NCCNc1nc2ccccc2s1.I. The number of halogens is 1. The van der Waals surface area contributed by atoms with E-state index in [0.29, 0.717) is 11.9 Å². The van der Waals surface area contributed by atoms with Gasteiger partial charge < -0.3 is 16.4 Å². The molecule has 0 fully saturated rings. The zero-order chi connectivity index (χ0) is 15.1. The second-order valence-corrected chi connectivity index (χ2v) is 6.32. The summed E-state index contributed by atoms with van der Waals surface area (Å²) in [6.45, 7) is 6.64. The van der Waals surface area contributed by atoms with Gasteiger partial charge in [0, 0.05) is 19.6 Å². The summed E-state index contributed by atoms with van der Waals surface area (Å²) >= 11 is 1.66. The maximum Gasteiger partial charge on any atom is 0.188 e. The van der Waals surface area contributed by atoms with Crippen molar-refractivity contribution in [3.63, 3.8) is 0 Å². The van der Waals surface area contributed by atoms with E-state index in [0.717, 1.165) is 36.7 Å². The molecule has 0 saturated carbocycles. The Morgan fingerprint density at radius 1 is 1.32 bits per heavy atom. The molecule has 0 amide bonds. The van der Waals surface area contributed by atoms with Gasteiger partial charge in [-0.15, -0.1) is 24.0 Å². The Kier molecular flexibility index (Phi) is 8.47. The fraction of sp³-hybridized carbons (Fsp3) is 0.467. The van der Waals surface area contributed by atoms with Gasteiger partial charge in [-0.05, 0) is 24.5 Å². The Morgan fingerprint density at radius 3 is 2.82 bits per heavy atom. The molecule has 0 saturated heterocycles. The molecule has 0 spiro atoms. The molecule has 0 aliphatic heterocycles. The summed E-state index contributed by atoms with van der Waals surface area (Å²) in [7, 11) is 0. The first kappa shape index (κ1) is 19.0. The van der Waals surface area contributed by atoms with E-state index in [2.05, 4.69) is 40.5 Å². The number of nitrogens with two attached hydrogens (primary N) is 1. The second kappa shape index (κ2) is 9.83. The van der Waals surface area contributed by atoms with Gasteiger partial charge in [-0.1, -0.05) is 37.3 Å². The summed E-state index contributed by atoms with van der Waals surface area (Å²) < 4.78 is 1.20. The van der Waals surface area contributed by atoms with Gasteiger partial charge in [0.1, 0.15) is 0 Å². The molecule has 2 rings (SSSR count). The molecule has 1 aromatic carbocycles. The lowest BCUT2D eigenvalue weighted by molar-refractivity contribution is 0.595. The monoisotopic (exact) mass is 433 g/mol. The highest BCUT2D eigenvalue weighted by atomic mass is 127. The maximum atomic E-state index is 5.80. The van der Waals surface area contributed by atoms with Crippen molar-refractivity contribution >= 4 is 56.6 Å². The highest BCUT2D eigenvalue weighted by Gasteiger charge is 2.01. The van der Waals surface area contributed by atoms with Crippen LogP contribution < -0.4 is 16.4 Å². The van der Waals surface area contributed by atoms with Crippen LogP contribution in [-0.4, -0.2) is 30.6 Å². The maximum absolute atomic E-state index is 5.80. The minimum Gasteiger partial charge on any atom is -0.370 e. The van der Waals surface area contributed by atoms with Crippen molar-refractivity contribution in [3.05, 3.63) is 24.3 Å². The van der Waals surface area contributed by atoms with Crippen LogP contribution in [0.3, 0.4) is 0 Å². The first-order chi connectivity index (χ1) is 10.1. The standard InChI is InChI=1S/C15H23N5S.HI/c1-11(2)7-8-17-14(16)18-9-10-19-15-20-12-5-3-4-6-13(12)21-15;/h3-6,11H,7-10H2,1-2H3,(H,19,20)(H3,16,17,18);1H. The Morgan fingerprint density at radius 2 is 2.09 bits per heavy atom. The van der Waals surface area contributed by atoms with Crippen LogP contribution in [-0.2, 0) is 0 Å². The molecule has 122 valence electrons. The van der Waals surface area contributed by atoms with Crippen LogP contribution in [0.25, 0.3) is 10.2 Å². The van der Waals surface area contributed by atoms with Crippen LogP contribution in [0.2, 0.25) is 0 Å². The lowest BCUT2D eigenvalue weighted by Gasteiger charge is -2.06. The van der Waals surface area contributed by atoms with E-state index in [1.807, 2.05) is 18.2 Å². The van der Waals surface area contributed by atoms with Gasteiger partial charge in [-0.25, -0.2) is 4.98 Å². The number of benzene rings is 1. The molecule has 0 atom stereocenters. The molecule has 7 heteroatoms. The van der Waals surface area contributed by atoms with Crippen LogP contribution in [0, 0.1) is 5.92 Å². The van der Waals surface area contributed by atoms with Crippen molar-refractivity contribution in [2.75, 3.05) is 25.0 Å². The number of nitrogens with one attached hydrogen (secondary N) is 2. The van der Waals surface area contributed by atoms with E-state index in [4.69, 9.17) is 5.73 Å². The summed E-state index contributed by atoms with van der Waals surface area (Å²) in [5.74, 6) is 1.17. The lowest BCUT2D eigenvalue weighted by atomic mass is 10.1. The van der Waals surface area contributed by atoms with Crippen LogP contribution in [0.5, 0.6) is 0 Å². The van der Waals surface area contributed by atoms with Crippen LogP contribution >= 0.6 is 35.3 Å². The molecule has 0 bridgehead atoms. The molecule has 0 radical (unpaired) electrons. The van der Waals surface area contributed by atoms with Crippen molar-refractivity contribution in [2.24, 2.45) is 16.6 Å². The summed E-state index contributed by atoms with van der Waals surface area (Å²) in [6, 6.07) is 8.13. The van der Waals surface area contributed by atoms with Crippen molar-refractivity contribution in [2.45, 2.75) is 20.3 Å². The molecular formula is C15H24IN5S. The van der Waals surface area contributed by atoms with E-state index in [1.165, 1.54) is 4.70 Å².